The largest absolute Gasteiger partial charge is 0.334 e. The summed E-state index contributed by atoms with van der Waals surface area (Å²) in [6.07, 6.45) is 3.66. The smallest absolute Gasteiger partial charge is 0.291 e. The zero-order chi connectivity index (χ0) is 17.4. The second-order valence-electron chi connectivity index (χ2n) is 6.51. The van der Waals surface area contributed by atoms with E-state index in [1.807, 2.05) is 19.9 Å². The van der Waals surface area contributed by atoms with E-state index in [1.165, 1.54) is 11.3 Å². The molecule has 1 aliphatic heterocycles. The first-order valence-corrected chi connectivity index (χ1v) is 9.00. The van der Waals surface area contributed by atoms with Crippen molar-refractivity contribution in [3.63, 3.8) is 0 Å². The van der Waals surface area contributed by atoms with Crippen molar-refractivity contribution < 1.29 is 19.2 Å². The van der Waals surface area contributed by atoms with Gasteiger partial charge >= 0.3 is 17.8 Å². The van der Waals surface area contributed by atoms with E-state index in [2.05, 4.69) is 0 Å². The van der Waals surface area contributed by atoms with Crippen LogP contribution in [-0.2, 0) is 9.59 Å². The molecule has 2 heterocycles. The van der Waals surface area contributed by atoms with Gasteiger partial charge in [0.1, 0.15) is 0 Å². The van der Waals surface area contributed by atoms with E-state index in [4.69, 9.17) is 0 Å². The molecule has 24 heavy (non-hydrogen) atoms. The fourth-order valence-corrected chi connectivity index (χ4v) is 4.24. The summed E-state index contributed by atoms with van der Waals surface area (Å²) in [4.78, 5) is 52.8. The molecule has 2 atom stereocenters. The molecule has 128 valence electrons. The molecule has 2 fully saturated rings. The van der Waals surface area contributed by atoms with Crippen molar-refractivity contribution in [2.45, 2.75) is 45.6 Å². The maximum Gasteiger partial charge on any atom is 0.334 e. The second kappa shape index (κ2) is 6.47. The molecule has 2 unspecified atom stereocenters. The van der Waals surface area contributed by atoms with Gasteiger partial charge < -0.3 is 0 Å². The SMILES string of the molecule is Cc1ccc(C(=O)CN2C(=O)C(=O)N(C3CCCCC3C)C2=O)s1. The van der Waals surface area contributed by atoms with Gasteiger partial charge in [-0.2, -0.15) is 0 Å². The van der Waals surface area contributed by atoms with Crippen LogP contribution in [0.15, 0.2) is 12.1 Å². The number of carbonyl (C=O) groups excluding carboxylic acids is 4. The average Bonchev–Trinajstić information content (AvgIpc) is 3.07. The van der Waals surface area contributed by atoms with Gasteiger partial charge in [-0.05, 0) is 37.8 Å². The zero-order valence-corrected chi connectivity index (χ0v) is 14.6. The predicted molar refractivity (Wildman–Crippen MR) is 88.8 cm³/mol. The second-order valence-corrected chi connectivity index (χ2v) is 7.80. The number of carbonyl (C=O) groups is 4. The number of rotatable bonds is 4. The molecule has 3 rings (SSSR count). The number of urea groups is 1. The lowest BCUT2D eigenvalue weighted by molar-refractivity contribution is -0.144. The molecule has 0 spiro atoms. The zero-order valence-electron chi connectivity index (χ0n) is 13.8. The quantitative estimate of drug-likeness (QED) is 0.476. The highest BCUT2D eigenvalue weighted by atomic mass is 32.1. The van der Waals surface area contributed by atoms with Crippen molar-refractivity contribution in [2.24, 2.45) is 5.92 Å². The topological polar surface area (TPSA) is 74.8 Å². The van der Waals surface area contributed by atoms with E-state index in [-0.39, 0.29) is 24.3 Å². The minimum atomic E-state index is -0.889. The Bertz CT molecular complexity index is 711. The fraction of sp³-hybridized carbons (Fsp3) is 0.529. The number of nitrogens with zero attached hydrogens (tertiary/aromatic N) is 2. The van der Waals surface area contributed by atoms with Gasteiger partial charge in [0.05, 0.1) is 11.4 Å². The maximum absolute atomic E-state index is 12.6. The van der Waals surface area contributed by atoms with E-state index in [0.717, 1.165) is 40.4 Å². The summed E-state index contributed by atoms with van der Waals surface area (Å²) in [7, 11) is 0. The van der Waals surface area contributed by atoms with Crippen LogP contribution in [0, 0.1) is 12.8 Å². The molecule has 0 aromatic carbocycles. The van der Waals surface area contributed by atoms with Gasteiger partial charge in [-0.15, -0.1) is 11.3 Å². The number of thiophene rings is 1. The van der Waals surface area contributed by atoms with Gasteiger partial charge in [-0.1, -0.05) is 19.8 Å². The van der Waals surface area contributed by atoms with E-state index >= 15 is 0 Å². The van der Waals surface area contributed by atoms with Crippen LogP contribution in [0.1, 0.15) is 47.2 Å². The summed E-state index contributed by atoms with van der Waals surface area (Å²) in [5.41, 5.74) is 0. The Morgan fingerprint density at radius 2 is 1.88 bits per heavy atom. The number of imide groups is 2. The third kappa shape index (κ3) is 2.88. The Morgan fingerprint density at radius 3 is 2.50 bits per heavy atom. The van der Waals surface area contributed by atoms with Crippen molar-refractivity contribution >= 4 is 35.0 Å². The third-order valence-electron chi connectivity index (χ3n) is 4.80. The number of Topliss-reactive ketones (excluding diaryl/α,β-unsaturated/α-hetero) is 1. The Labute approximate surface area is 144 Å². The predicted octanol–water partition coefficient (Wildman–Crippen LogP) is 2.61. The summed E-state index contributed by atoms with van der Waals surface area (Å²) in [6.45, 7) is 3.50. The molecule has 2 aliphatic rings. The number of hydrogen-bond donors (Lipinski definition) is 0. The molecule has 0 radical (unpaired) electrons. The number of ketones is 1. The van der Waals surface area contributed by atoms with Crippen molar-refractivity contribution in [1.29, 1.82) is 0 Å². The molecule has 4 amide bonds. The highest BCUT2D eigenvalue weighted by Gasteiger charge is 2.49. The molecule has 0 N–H and O–H groups in total. The lowest BCUT2D eigenvalue weighted by Crippen LogP contribution is -2.46. The molecule has 1 saturated heterocycles. The first kappa shape index (κ1) is 16.8. The minimum absolute atomic E-state index is 0.176. The Morgan fingerprint density at radius 1 is 1.17 bits per heavy atom. The molecule has 1 aromatic rings. The van der Waals surface area contributed by atoms with Crippen molar-refractivity contribution in [3.8, 4) is 0 Å². The minimum Gasteiger partial charge on any atom is -0.291 e. The van der Waals surface area contributed by atoms with E-state index in [9.17, 15) is 19.2 Å². The van der Waals surface area contributed by atoms with Gasteiger partial charge in [0, 0.05) is 10.9 Å². The summed E-state index contributed by atoms with van der Waals surface area (Å²) in [6, 6.07) is 2.60. The Balaban J connectivity index is 1.77. The highest BCUT2D eigenvalue weighted by molar-refractivity contribution is 7.14. The van der Waals surface area contributed by atoms with Crippen LogP contribution < -0.4 is 0 Å². The number of hydrogen-bond acceptors (Lipinski definition) is 5. The summed E-state index contributed by atoms with van der Waals surface area (Å²) < 4.78 is 0. The van der Waals surface area contributed by atoms with Crippen LogP contribution in [0.5, 0.6) is 0 Å². The molecule has 0 bridgehead atoms. The van der Waals surface area contributed by atoms with Crippen molar-refractivity contribution in [3.05, 3.63) is 21.9 Å². The fourth-order valence-electron chi connectivity index (χ4n) is 3.44. The van der Waals surface area contributed by atoms with Gasteiger partial charge in [-0.25, -0.2) is 9.69 Å². The molecular weight excluding hydrogens is 328 g/mol. The van der Waals surface area contributed by atoms with Gasteiger partial charge in [0.25, 0.3) is 0 Å². The van der Waals surface area contributed by atoms with Crippen molar-refractivity contribution in [1.82, 2.24) is 9.80 Å². The van der Waals surface area contributed by atoms with Crippen LogP contribution in [-0.4, -0.2) is 46.0 Å². The van der Waals surface area contributed by atoms with Crippen LogP contribution >= 0.6 is 11.3 Å². The molecule has 1 aromatic heterocycles. The van der Waals surface area contributed by atoms with Gasteiger partial charge in [0.2, 0.25) is 0 Å². The number of aryl methyl sites for hydroxylation is 1. The van der Waals surface area contributed by atoms with Crippen LogP contribution in [0.4, 0.5) is 4.79 Å². The van der Waals surface area contributed by atoms with Crippen LogP contribution in [0.2, 0.25) is 0 Å². The summed E-state index contributed by atoms with van der Waals surface area (Å²) >= 11 is 1.31. The molecule has 6 nitrogen and oxygen atoms in total. The van der Waals surface area contributed by atoms with Gasteiger partial charge in [-0.3, -0.25) is 19.3 Å². The Kier molecular flexibility index (Phi) is 4.54. The molecule has 1 aliphatic carbocycles. The number of amides is 4. The first-order chi connectivity index (χ1) is 11.4. The van der Waals surface area contributed by atoms with E-state index in [1.54, 1.807) is 6.07 Å². The van der Waals surface area contributed by atoms with Crippen molar-refractivity contribution in [2.75, 3.05) is 6.54 Å². The van der Waals surface area contributed by atoms with E-state index in [0.29, 0.717) is 4.88 Å². The van der Waals surface area contributed by atoms with Crippen LogP contribution in [0.3, 0.4) is 0 Å². The molecular formula is C17H20N2O4S. The van der Waals surface area contributed by atoms with Crippen LogP contribution in [0.25, 0.3) is 0 Å². The summed E-state index contributed by atoms with van der Waals surface area (Å²) in [5.74, 6) is -1.83. The highest BCUT2D eigenvalue weighted by Crippen LogP contribution is 2.31. The van der Waals surface area contributed by atoms with Gasteiger partial charge in [0.15, 0.2) is 5.78 Å². The molecule has 7 heteroatoms. The molecule has 1 saturated carbocycles. The Hall–Kier alpha value is -2.02. The lowest BCUT2D eigenvalue weighted by atomic mass is 9.85. The lowest BCUT2D eigenvalue weighted by Gasteiger charge is -2.34. The summed E-state index contributed by atoms with van der Waals surface area (Å²) in [5, 5.41) is 0. The maximum atomic E-state index is 12.6. The third-order valence-corrected chi connectivity index (χ3v) is 5.84. The monoisotopic (exact) mass is 348 g/mol. The normalized spacial score (nSPS) is 24.8. The van der Waals surface area contributed by atoms with E-state index < -0.39 is 17.8 Å². The standard InChI is InChI=1S/C17H20N2O4S/c1-10-5-3-4-6-12(10)19-16(22)15(21)18(17(19)23)9-13(20)14-8-7-11(2)24-14/h7-8,10,12H,3-6,9H2,1-2H3. The first-order valence-electron chi connectivity index (χ1n) is 8.19. The average molecular weight is 348 g/mol.